The zero-order chi connectivity index (χ0) is 13.9. The molecule has 2 unspecified atom stereocenters. The molecular weight excluding hydrogens is 266 g/mol. The van der Waals surface area contributed by atoms with Gasteiger partial charge in [-0.1, -0.05) is 29.8 Å². The number of hydrogen-bond donors (Lipinski definition) is 1. The molecule has 2 N–H and O–H groups in total. The number of aryl methyl sites for hydroxylation is 1. The van der Waals surface area contributed by atoms with Crippen molar-refractivity contribution in [3.63, 3.8) is 0 Å². The van der Waals surface area contributed by atoms with Crippen molar-refractivity contribution in [1.82, 2.24) is 0 Å². The molecule has 4 rings (SSSR count). The molecule has 2 atom stereocenters. The Labute approximate surface area is 122 Å². The Bertz CT molecular complexity index is 699. The van der Waals surface area contributed by atoms with E-state index in [2.05, 4.69) is 0 Å². The quantitative estimate of drug-likeness (QED) is 0.838. The van der Waals surface area contributed by atoms with Gasteiger partial charge in [0.1, 0.15) is 0 Å². The lowest BCUT2D eigenvalue weighted by Crippen LogP contribution is -2.08. The van der Waals surface area contributed by atoms with Crippen LogP contribution >= 0.6 is 11.3 Å². The van der Waals surface area contributed by atoms with Crippen LogP contribution in [-0.4, -0.2) is 5.78 Å². The summed E-state index contributed by atoms with van der Waals surface area (Å²) in [6.07, 6.45) is 3.73. The first kappa shape index (κ1) is 12.2. The number of fused-ring (bicyclic) bond motifs is 5. The third kappa shape index (κ3) is 1.59. The van der Waals surface area contributed by atoms with Gasteiger partial charge in [-0.3, -0.25) is 4.79 Å². The predicted molar refractivity (Wildman–Crippen MR) is 82.7 cm³/mol. The second kappa shape index (κ2) is 4.19. The molecular formula is C17H17NOS. The monoisotopic (exact) mass is 283 g/mol. The molecule has 0 radical (unpaired) electrons. The molecule has 102 valence electrons. The molecule has 1 heterocycles. The predicted octanol–water partition coefficient (Wildman–Crippen LogP) is 4.23. The van der Waals surface area contributed by atoms with Crippen molar-refractivity contribution >= 4 is 22.1 Å². The zero-order valence-electron chi connectivity index (χ0n) is 11.5. The van der Waals surface area contributed by atoms with Crippen LogP contribution in [0.25, 0.3) is 0 Å². The first-order valence-corrected chi connectivity index (χ1v) is 8.00. The second-order valence-electron chi connectivity index (χ2n) is 6.02. The summed E-state index contributed by atoms with van der Waals surface area (Å²) in [5.74, 6) is 1.35. The molecule has 2 nitrogen and oxygen atoms in total. The van der Waals surface area contributed by atoms with Gasteiger partial charge in [-0.05, 0) is 43.6 Å². The fourth-order valence-corrected chi connectivity index (χ4v) is 5.06. The Kier molecular flexibility index (Phi) is 2.55. The highest BCUT2D eigenvalue weighted by Gasteiger charge is 2.42. The zero-order valence-corrected chi connectivity index (χ0v) is 12.3. The summed E-state index contributed by atoms with van der Waals surface area (Å²) in [4.78, 5) is 14.2. The van der Waals surface area contributed by atoms with Gasteiger partial charge in [0, 0.05) is 10.4 Å². The number of carbonyl (C=O) groups is 1. The highest BCUT2D eigenvalue weighted by atomic mass is 32.1. The minimum Gasteiger partial charge on any atom is -0.390 e. The van der Waals surface area contributed by atoms with Crippen LogP contribution in [0.1, 0.15) is 63.0 Å². The van der Waals surface area contributed by atoms with Crippen LogP contribution in [0.3, 0.4) is 0 Å². The van der Waals surface area contributed by atoms with Crippen LogP contribution in [0.5, 0.6) is 0 Å². The van der Waals surface area contributed by atoms with E-state index < -0.39 is 0 Å². The Balaban J connectivity index is 1.82. The van der Waals surface area contributed by atoms with Crippen LogP contribution in [0.2, 0.25) is 0 Å². The van der Waals surface area contributed by atoms with Crippen LogP contribution in [0.4, 0.5) is 5.00 Å². The fraction of sp³-hybridized carbons (Fsp3) is 0.353. The second-order valence-corrected chi connectivity index (χ2v) is 7.11. The van der Waals surface area contributed by atoms with Gasteiger partial charge in [-0.25, -0.2) is 0 Å². The van der Waals surface area contributed by atoms with E-state index in [-0.39, 0.29) is 5.78 Å². The lowest BCUT2D eigenvalue weighted by atomic mass is 9.91. The molecule has 1 aromatic heterocycles. The maximum Gasteiger partial charge on any atom is 0.196 e. The molecule has 2 bridgehead atoms. The van der Waals surface area contributed by atoms with Gasteiger partial charge in [0.25, 0.3) is 0 Å². The minimum atomic E-state index is 0.104. The molecule has 1 saturated carbocycles. The smallest absolute Gasteiger partial charge is 0.196 e. The van der Waals surface area contributed by atoms with E-state index in [0.29, 0.717) is 11.8 Å². The maximum atomic E-state index is 12.8. The highest BCUT2D eigenvalue weighted by Crippen LogP contribution is 2.58. The molecule has 2 aromatic rings. The average molecular weight is 283 g/mol. The summed E-state index contributed by atoms with van der Waals surface area (Å²) in [6.45, 7) is 2.03. The van der Waals surface area contributed by atoms with Gasteiger partial charge >= 0.3 is 0 Å². The van der Waals surface area contributed by atoms with E-state index in [1.165, 1.54) is 35.3 Å². The topological polar surface area (TPSA) is 43.1 Å². The number of nitrogen functional groups attached to an aromatic ring is 1. The number of rotatable bonds is 2. The summed E-state index contributed by atoms with van der Waals surface area (Å²) >= 11 is 1.65. The molecule has 0 spiro atoms. The Hall–Kier alpha value is -1.61. The standard InChI is InChI=1S/C17H17NOS/c1-9-2-4-10(5-3-9)15(19)14-13-11-6-7-12(8-11)16(13)20-17(14)18/h2-5,11-12H,6-8,18H2,1H3. The van der Waals surface area contributed by atoms with Crippen LogP contribution < -0.4 is 5.73 Å². The van der Waals surface area contributed by atoms with Gasteiger partial charge in [0.05, 0.1) is 10.6 Å². The summed E-state index contributed by atoms with van der Waals surface area (Å²) in [5, 5.41) is 0.720. The average Bonchev–Trinajstić information content (AvgIpc) is 3.09. The molecule has 2 aliphatic carbocycles. The summed E-state index contributed by atoms with van der Waals surface area (Å²) < 4.78 is 0. The first-order valence-electron chi connectivity index (χ1n) is 7.18. The number of nitrogens with two attached hydrogens (primary N) is 1. The molecule has 1 fully saturated rings. The third-order valence-corrected chi connectivity index (χ3v) is 5.95. The van der Waals surface area contributed by atoms with Gasteiger partial charge in [-0.15, -0.1) is 11.3 Å². The van der Waals surface area contributed by atoms with Crippen LogP contribution in [0, 0.1) is 6.92 Å². The Morgan fingerprint density at radius 3 is 2.65 bits per heavy atom. The molecule has 1 aromatic carbocycles. The van der Waals surface area contributed by atoms with Gasteiger partial charge in [0.15, 0.2) is 5.78 Å². The van der Waals surface area contributed by atoms with E-state index in [1.54, 1.807) is 11.3 Å². The highest BCUT2D eigenvalue weighted by molar-refractivity contribution is 7.16. The maximum absolute atomic E-state index is 12.8. The van der Waals surface area contributed by atoms with Gasteiger partial charge in [-0.2, -0.15) is 0 Å². The number of anilines is 1. The van der Waals surface area contributed by atoms with Crippen molar-refractivity contribution < 1.29 is 4.79 Å². The van der Waals surface area contributed by atoms with Crippen LogP contribution in [-0.2, 0) is 0 Å². The van der Waals surface area contributed by atoms with E-state index in [0.717, 1.165) is 16.1 Å². The minimum absolute atomic E-state index is 0.104. The number of carbonyl (C=O) groups excluding carboxylic acids is 1. The van der Waals surface area contributed by atoms with E-state index in [9.17, 15) is 4.79 Å². The molecule has 0 saturated heterocycles. The molecule has 0 amide bonds. The SMILES string of the molecule is Cc1ccc(C(=O)c2c(N)sc3c2C2CCC3C2)cc1. The summed E-state index contributed by atoms with van der Waals surface area (Å²) in [6, 6.07) is 7.80. The van der Waals surface area contributed by atoms with Crippen molar-refractivity contribution in [3.05, 3.63) is 51.4 Å². The van der Waals surface area contributed by atoms with Gasteiger partial charge < -0.3 is 5.73 Å². The van der Waals surface area contributed by atoms with E-state index >= 15 is 0 Å². The lowest BCUT2D eigenvalue weighted by Gasteiger charge is -2.12. The number of hydrogen-bond acceptors (Lipinski definition) is 3. The largest absolute Gasteiger partial charge is 0.390 e. The third-order valence-electron chi connectivity index (χ3n) is 4.75. The Morgan fingerprint density at radius 2 is 1.90 bits per heavy atom. The Morgan fingerprint density at radius 1 is 1.20 bits per heavy atom. The number of ketones is 1. The summed E-state index contributed by atoms with van der Waals surface area (Å²) in [5.41, 5.74) is 10.2. The van der Waals surface area contributed by atoms with Crippen molar-refractivity contribution in [2.75, 3.05) is 5.73 Å². The van der Waals surface area contributed by atoms with E-state index in [4.69, 9.17) is 5.73 Å². The van der Waals surface area contributed by atoms with E-state index in [1.807, 2.05) is 31.2 Å². The molecule has 20 heavy (non-hydrogen) atoms. The summed E-state index contributed by atoms with van der Waals surface area (Å²) in [7, 11) is 0. The van der Waals surface area contributed by atoms with Crippen molar-refractivity contribution in [1.29, 1.82) is 0 Å². The van der Waals surface area contributed by atoms with Crippen molar-refractivity contribution in [2.45, 2.75) is 38.0 Å². The van der Waals surface area contributed by atoms with Gasteiger partial charge in [0.2, 0.25) is 0 Å². The van der Waals surface area contributed by atoms with Crippen LogP contribution in [0.15, 0.2) is 24.3 Å². The van der Waals surface area contributed by atoms with Crippen molar-refractivity contribution in [2.24, 2.45) is 0 Å². The molecule has 0 aliphatic heterocycles. The lowest BCUT2D eigenvalue weighted by molar-refractivity contribution is 0.103. The molecule has 2 aliphatic rings. The van der Waals surface area contributed by atoms with Crippen molar-refractivity contribution in [3.8, 4) is 0 Å². The normalized spacial score (nSPS) is 23.1. The number of thiophene rings is 1. The number of benzene rings is 1. The fourth-order valence-electron chi connectivity index (χ4n) is 3.75. The molecule has 3 heteroatoms. The first-order chi connectivity index (χ1) is 9.65.